The highest BCUT2D eigenvalue weighted by Gasteiger charge is 2.09. The molecule has 1 aromatic heterocycles. The molecule has 6 heteroatoms. The Morgan fingerprint density at radius 1 is 1.37 bits per heavy atom. The number of morpholine rings is 1. The molecule has 0 aliphatic carbocycles. The highest BCUT2D eigenvalue weighted by Crippen LogP contribution is 2.06. The number of rotatable bonds is 8. The van der Waals surface area contributed by atoms with Gasteiger partial charge in [0.1, 0.15) is 0 Å². The Morgan fingerprint density at radius 3 is 3.00 bits per heavy atom. The summed E-state index contributed by atoms with van der Waals surface area (Å²) in [7, 11) is 1.70. The third-order valence-corrected chi connectivity index (χ3v) is 3.28. The fourth-order valence-electron chi connectivity index (χ4n) is 2.21. The van der Waals surface area contributed by atoms with Crippen LogP contribution in [0, 0.1) is 0 Å². The Kier molecular flexibility index (Phi) is 6.13. The van der Waals surface area contributed by atoms with Crippen LogP contribution in [0.2, 0.25) is 0 Å². The maximum atomic E-state index is 5.35. The van der Waals surface area contributed by atoms with Crippen molar-refractivity contribution in [3.8, 4) is 0 Å². The van der Waals surface area contributed by atoms with E-state index in [1.165, 1.54) is 0 Å². The minimum absolute atomic E-state index is 0.695. The first-order valence-corrected chi connectivity index (χ1v) is 6.94. The van der Waals surface area contributed by atoms with Crippen LogP contribution in [0.15, 0.2) is 12.4 Å². The lowest BCUT2D eigenvalue weighted by Gasteiger charge is -2.26. The molecule has 1 aromatic rings. The van der Waals surface area contributed by atoms with Crippen LogP contribution in [0.4, 0.5) is 5.95 Å². The van der Waals surface area contributed by atoms with Gasteiger partial charge in [-0.15, -0.1) is 0 Å². The lowest BCUT2D eigenvalue weighted by atomic mass is 10.3. The summed E-state index contributed by atoms with van der Waals surface area (Å²) in [5.74, 6) is 0.930. The van der Waals surface area contributed by atoms with Crippen molar-refractivity contribution in [2.45, 2.75) is 13.0 Å². The molecule has 19 heavy (non-hydrogen) atoms. The minimum atomic E-state index is 0.695. The zero-order valence-electron chi connectivity index (χ0n) is 11.7. The van der Waals surface area contributed by atoms with Crippen molar-refractivity contribution in [3.63, 3.8) is 0 Å². The Morgan fingerprint density at radius 2 is 2.21 bits per heavy atom. The molecule has 0 amide bonds. The lowest BCUT2D eigenvalue weighted by Crippen LogP contribution is -2.37. The third kappa shape index (κ3) is 4.81. The molecule has 0 atom stereocenters. The summed E-state index contributed by atoms with van der Waals surface area (Å²) in [6, 6.07) is 0. The van der Waals surface area contributed by atoms with E-state index in [1.54, 1.807) is 7.11 Å². The zero-order valence-corrected chi connectivity index (χ0v) is 11.7. The van der Waals surface area contributed by atoms with Crippen LogP contribution in [0.1, 0.15) is 6.42 Å². The van der Waals surface area contributed by atoms with E-state index in [1.807, 2.05) is 12.4 Å². The van der Waals surface area contributed by atoms with Crippen LogP contribution in [0.5, 0.6) is 0 Å². The topological polar surface area (TPSA) is 51.5 Å². The molecule has 1 fully saturated rings. The number of anilines is 1. The molecule has 2 heterocycles. The van der Waals surface area contributed by atoms with Gasteiger partial charge in [-0.3, -0.25) is 4.90 Å². The molecule has 1 aliphatic heterocycles. The normalized spacial score (nSPS) is 16.7. The van der Waals surface area contributed by atoms with Gasteiger partial charge in [-0.2, -0.15) is 0 Å². The summed E-state index contributed by atoms with van der Waals surface area (Å²) in [6.07, 6.45) is 4.99. The molecule has 0 saturated carbocycles. The fraction of sp³-hybridized carbons (Fsp3) is 0.769. The lowest BCUT2D eigenvalue weighted by molar-refractivity contribution is 0.0369. The standard InChI is InChI=1S/C13H24N4O2/c1-18-10-4-15-13-14-3-7-17(13)6-2-5-16-8-11-19-12-9-16/h3,7H,2,4-6,8-12H2,1H3,(H,14,15). The molecule has 1 N–H and O–H groups in total. The predicted molar refractivity (Wildman–Crippen MR) is 74.5 cm³/mol. The van der Waals surface area contributed by atoms with Crippen LogP contribution in [0.3, 0.4) is 0 Å². The molecule has 1 aliphatic rings. The number of methoxy groups -OCH3 is 1. The van der Waals surface area contributed by atoms with E-state index in [-0.39, 0.29) is 0 Å². The van der Waals surface area contributed by atoms with Crippen molar-refractivity contribution in [3.05, 3.63) is 12.4 Å². The number of ether oxygens (including phenoxy) is 2. The van der Waals surface area contributed by atoms with Gasteiger partial charge in [0.05, 0.1) is 19.8 Å². The van der Waals surface area contributed by atoms with Crippen LogP contribution in [-0.2, 0) is 16.0 Å². The molecule has 2 rings (SSSR count). The van der Waals surface area contributed by atoms with E-state index in [4.69, 9.17) is 9.47 Å². The quantitative estimate of drug-likeness (QED) is 0.702. The Labute approximate surface area is 114 Å². The third-order valence-electron chi connectivity index (χ3n) is 3.28. The van der Waals surface area contributed by atoms with Crippen molar-refractivity contribution in [1.29, 1.82) is 0 Å². The van der Waals surface area contributed by atoms with Gasteiger partial charge in [-0.1, -0.05) is 0 Å². The number of nitrogens with one attached hydrogen (secondary N) is 1. The number of hydrogen-bond donors (Lipinski definition) is 1. The SMILES string of the molecule is COCCNc1nccn1CCCN1CCOCC1. The van der Waals surface area contributed by atoms with Gasteiger partial charge < -0.3 is 19.4 Å². The first-order chi connectivity index (χ1) is 9.40. The summed E-state index contributed by atoms with van der Waals surface area (Å²) in [4.78, 5) is 6.77. The van der Waals surface area contributed by atoms with E-state index >= 15 is 0 Å². The van der Waals surface area contributed by atoms with Crippen molar-refractivity contribution < 1.29 is 9.47 Å². The minimum Gasteiger partial charge on any atom is -0.383 e. The Bertz CT molecular complexity index is 350. The number of aryl methyl sites for hydroxylation is 1. The Hall–Kier alpha value is -1.11. The van der Waals surface area contributed by atoms with Gasteiger partial charge >= 0.3 is 0 Å². The van der Waals surface area contributed by atoms with Crippen molar-refractivity contribution in [2.75, 3.05) is 58.4 Å². The molecule has 0 unspecified atom stereocenters. The smallest absolute Gasteiger partial charge is 0.202 e. The maximum absolute atomic E-state index is 5.35. The van der Waals surface area contributed by atoms with E-state index in [0.717, 1.165) is 58.3 Å². The average Bonchev–Trinajstić information content (AvgIpc) is 2.88. The van der Waals surface area contributed by atoms with Gasteiger partial charge in [0.25, 0.3) is 0 Å². The van der Waals surface area contributed by atoms with Crippen molar-refractivity contribution >= 4 is 5.95 Å². The van der Waals surface area contributed by atoms with Crippen molar-refractivity contribution in [1.82, 2.24) is 14.5 Å². The monoisotopic (exact) mass is 268 g/mol. The maximum Gasteiger partial charge on any atom is 0.202 e. The average molecular weight is 268 g/mol. The number of aromatic nitrogens is 2. The largest absolute Gasteiger partial charge is 0.383 e. The second-order valence-corrected chi connectivity index (χ2v) is 4.67. The van der Waals surface area contributed by atoms with E-state index < -0.39 is 0 Å². The van der Waals surface area contributed by atoms with Gasteiger partial charge in [-0.05, 0) is 6.42 Å². The summed E-state index contributed by atoms with van der Waals surface area (Å²) in [6.45, 7) is 7.46. The van der Waals surface area contributed by atoms with Gasteiger partial charge in [0.15, 0.2) is 0 Å². The highest BCUT2D eigenvalue weighted by molar-refractivity contribution is 5.25. The number of imidazole rings is 1. The van der Waals surface area contributed by atoms with Crippen LogP contribution < -0.4 is 5.32 Å². The van der Waals surface area contributed by atoms with Gasteiger partial charge in [0.2, 0.25) is 5.95 Å². The molecule has 0 spiro atoms. The van der Waals surface area contributed by atoms with E-state index in [9.17, 15) is 0 Å². The van der Waals surface area contributed by atoms with Crippen LogP contribution >= 0.6 is 0 Å². The fourth-order valence-corrected chi connectivity index (χ4v) is 2.21. The molecule has 0 aromatic carbocycles. The molecular weight excluding hydrogens is 244 g/mol. The Balaban J connectivity index is 1.68. The number of hydrogen-bond acceptors (Lipinski definition) is 5. The second kappa shape index (κ2) is 8.14. The molecular formula is C13H24N4O2. The summed E-state index contributed by atoms with van der Waals surface area (Å²) in [5, 5.41) is 3.28. The first kappa shape index (κ1) is 14.3. The molecule has 0 bridgehead atoms. The molecule has 6 nitrogen and oxygen atoms in total. The van der Waals surface area contributed by atoms with E-state index in [0.29, 0.717) is 6.61 Å². The number of nitrogens with zero attached hydrogens (tertiary/aromatic N) is 3. The zero-order chi connectivity index (χ0) is 13.3. The summed E-state index contributed by atoms with van der Waals surface area (Å²) < 4.78 is 12.5. The van der Waals surface area contributed by atoms with Crippen LogP contribution in [-0.4, -0.2) is 67.6 Å². The highest BCUT2D eigenvalue weighted by atomic mass is 16.5. The summed E-state index contributed by atoms with van der Waals surface area (Å²) in [5.41, 5.74) is 0. The summed E-state index contributed by atoms with van der Waals surface area (Å²) >= 11 is 0. The molecule has 1 saturated heterocycles. The van der Waals surface area contributed by atoms with Gasteiger partial charge in [-0.25, -0.2) is 4.98 Å². The predicted octanol–water partition coefficient (Wildman–Crippen LogP) is 0.664. The van der Waals surface area contributed by atoms with Crippen molar-refractivity contribution in [2.24, 2.45) is 0 Å². The van der Waals surface area contributed by atoms with Crippen LogP contribution in [0.25, 0.3) is 0 Å². The molecule has 108 valence electrons. The van der Waals surface area contributed by atoms with E-state index in [2.05, 4.69) is 19.8 Å². The second-order valence-electron chi connectivity index (χ2n) is 4.67. The molecule has 0 radical (unpaired) electrons. The first-order valence-electron chi connectivity index (χ1n) is 6.94. The van der Waals surface area contributed by atoms with Gasteiger partial charge in [0, 0.05) is 52.2 Å².